The molecular formula is C22H25N3O3. The average Bonchev–Trinajstić information content (AvgIpc) is 3.46. The zero-order valence-electron chi connectivity index (χ0n) is 16.1. The number of nitrogens with zero attached hydrogens (tertiary/aromatic N) is 2. The fourth-order valence-electron chi connectivity index (χ4n) is 4.58. The van der Waals surface area contributed by atoms with E-state index in [-0.39, 0.29) is 11.3 Å². The summed E-state index contributed by atoms with van der Waals surface area (Å²) in [4.78, 5) is 26.5. The Labute approximate surface area is 164 Å². The van der Waals surface area contributed by atoms with Crippen molar-refractivity contribution in [2.75, 3.05) is 19.6 Å². The van der Waals surface area contributed by atoms with Crippen LogP contribution in [-0.4, -0.2) is 47.6 Å². The summed E-state index contributed by atoms with van der Waals surface area (Å²) >= 11 is 0. The van der Waals surface area contributed by atoms with Gasteiger partial charge in [0.2, 0.25) is 5.91 Å². The first-order chi connectivity index (χ1) is 13.4. The van der Waals surface area contributed by atoms with Crippen molar-refractivity contribution in [1.82, 2.24) is 10.2 Å². The SMILES string of the molecule is Cc1cc(C#N)ccc1C1=CCN(C(=O)C2NCC3(CC3)CC2C(=O)O)CC1. The van der Waals surface area contributed by atoms with E-state index >= 15 is 0 Å². The smallest absolute Gasteiger partial charge is 0.308 e. The van der Waals surface area contributed by atoms with E-state index in [4.69, 9.17) is 5.26 Å². The van der Waals surface area contributed by atoms with Crippen molar-refractivity contribution >= 4 is 17.4 Å². The number of piperidine rings is 1. The number of nitriles is 1. The lowest BCUT2D eigenvalue weighted by atomic mass is 9.81. The monoisotopic (exact) mass is 379 g/mol. The molecule has 2 N–H and O–H groups in total. The van der Waals surface area contributed by atoms with E-state index in [0.29, 0.717) is 25.1 Å². The molecule has 2 fully saturated rings. The Bertz CT molecular complexity index is 895. The number of aryl methyl sites for hydroxylation is 1. The van der Waals surface area contributed by atoms with Gasteiger partial charge in [0.05, 0.1) is 17.6 Å². The summed E-state index contributed by atoms with van der Waals surface area (Å²) in [5, 5.41) is 21.9. The number of amides is 1. The lowest BCUT2D eigenvalue weighted by molar-refractivity contribution is -0.150. The number of carbonyl (C=O) groups is 2. The Morgan fingerprint density at radius 2 is 2.14 bits per heavy atom. The molecule has 0 aromatic heterocycles. The van der Waals surface area contributed by atoms with Crippen LogP contribution in [0.5, 0.6) is 0 Å². The van der Waals surface area contributed by atoms with Gasteiger partial charge in [0.25, 0.3) is 0 Å². The molecule has 1 saturated carbocycles. The van der Waals surface area contributed by atoms with E-state index in [1.807, 2.05) is 25.1 Å². The van der Waals surface area contributed by atoms with Gasteiger partial charge in [0.15, 0.2) is 0 Å². The second-order valence-electron chi connectivity index (χ2n) is 8.41. The van der Waals surface area contributed by atoms with Gasteiger partial charge in [0.1, 0.15) is 6.04 Å². The highest BCUT2D eigenvalue weighted by Gasteiger charge is 2.52. The zero-order chi connectivity index (χ0) is 19.9. The molecule has 6 nitrogen and oxygen atoms in total. The van der Waals surface area contributed by atoms with Crippen LogP contribution in [0.25, 0.3) is 5.57 Å². The molecule has 1 aromatic carbocycles. The quantitative estimate of drug-likeness (QED) is 0.841. The van der Waals surface area contributed by atoms with Crippen LogP contribution in [0.1, 0.15) is 42.4 Å². The highest BCUT2D eigenvalue weighted by molar-refractivity contribution is 5.89. The second kappa shape index (κ2) is 7.06. The van der Waals surface area contributed by atoms with Crippen molar-refractivity contribution in [2.45, 2.75) is 38.6 Å². The molecule has 2 heterocycles. The number of aliphatic carboxylic acids is 1. The van der Waals surface area contributed by atoms with Gasteiger partial charge in [-0.25, -0.2) is 0 Å². The molecule has 3 aliphatic rings. The molecule has 1 saturated heterocycles. The first-order valence-corrected chi connectivity index (χ1v) is 9.88. The van der Waals surface area contributed by atoms with Crippen molar-refractivity contribution < 1.29 is 14.7 Å². The van der Waals surface area contributed by atoms with Gasteiger partial charge >= 0.3 is 5.97 Å². The second-order valence-corrected chi connectivity index (χ2v) is 8.41. The van der Waals surface area contributed by atoms with Gasteiger partial charge in [-0.1, -0.05) is 12.1 Å². The molecule has 28 heavy (non-hydrogen) atoms. The first kappa shape index (κ1) is 18.7. The molecule has 1 aliphatic carbocycles. The maximum absolute atomic E-state index is 13.0. The van der Waals surface area contributed by atoms with E-state index in [9.17, 15) is 14.7 Å². The van der Waals surface area contributed by atoms with E-state index in [1.54, 1.807) is 4.90 Å². The number of hydrogen-bond donors (Lipinski definition) is 2. The lowest BCUT2D eigenvalue weighted by Gasteiger charge is -2.38. The summed E-state index contributed by atoms with van der Waals surface area (Å²) in [6, 6.07) is 7.19. The van der Waals surface area contributed by atoms with Gasteiger partial charge in [-0.15, -0.1) is 0 Å². The molecule has 0 radical (unpaired) electrons. The highest BCUT2D eigenvalue weighted by Crippen LogP contribution is 2.52. The summed E-state index contributed by atoms with van der Waals surface area (Å²) < 4.78 is 0. The third-order valence-corrected chi connectivity index (χ3v) is 6.51. The maximum atomic E-state index is 13.0. The predicted molar refractivity (Wildman–Crippen MR) is 104 cm³/mol. The fraction of sp³-hybridized carbons (Fsp3) is 0.500. The number of benzene rings is 1. The summed E-state index contributed by atoms with van der Waals surface area (Å²) in [7, 11) is 0. The number of nitrogens with one attached hydrogen (secondary N) is 1. The predicted octanol–water partition coefficient (Wildman–Crippen LogP) is 2.33. The van der Waals surface area contributed by atoms with E-state index in [0.717, 1.165) is 36.9 Å². The number of carboxylic acids is 1. The van der Waals surface area contributed by atoms with Crippen LogP contribution in [0, 0.1) is 29.6 Å². The van der Waals surface area contributed by atoms with E-state index < -0.39 is 17.9 Å². The summed E-state index contributed by atoms with van der Waals surface area (Å²) in [6.45, 7) is 3.81. The van der Waals surface area contributed by atoms with Crippen LogP contribution in [-0.2, 0) is 9.59 Å². The number of rotatable bonds is 3. The van der Waals surface area contributed by atoms with Gasteiger partial charge in [-0.3, -0.25) is 9.59 Å². The molecule has 4 rings (SSSR count). The molecule has 6 heteroatoms. The average molecular weight is 379 g/mol. The third kappa shape index (κ3) is 3.43. The summed E-state index contributed by atoms with van der Waals surface area (Å²) in [6.07, 6.45) is 5.50. The number of carboxylic acid groups (broad SMARTS) is 1. The zero-order valence-corrected chi connectivity index (χ0v) is 16.1. The van der Waals surface area contributed by atoms with Gasteiger partial charge in [0, 0.05) is 19.6 Å². The van der Waals surface area contributed by atoms with Crippen LogP contribution < -0.4 is 5.32 Å². The minimum absolute atomic E-state index is 0.102. The van der Waals surface area contributed by atoms with Crippen molar-refractivity contribution in [3.8, 4) is 6.07 Å². The van der Waals surface area contributed by atoms with Gasteiger partial charge in [-0.05, 0) is 66.9 Å². The van der Waals surface area contributed by atoms with Gasteiger partial charge < -0.3 is 15.3 Å². The molecule has 1 spiro atoms. The molecule has 2 aliphatic heterocycles. The Balaban J connectivity index is 1.46. The van der Waals surface area contributed by atoms with Gasteiger partial charge in [-0.2, -0.15) is 5.26 Å². The van der Waals surface area contributed by atoms with Crippen LogP contribution in [0.4, 0.5) is 0 Å². The third-order valence-electron chi connectivity index (χ3n) is 6.51. The summed E-state index contributed by atoms with van der Waals surface area (Å²) in [5.41, 5.74) is 4.10. The Kier molecular flexibility index (Phi) is 4.72. The summed E-state index contributed by atoms with van der Waals surface area (Å²) in [5.74, 6) is -1.62. The largest absolute Gasteiger partial charge is 0.481 e. The van der Waals surface area contributed by atoms with E-state index in [1.165, 1.54) is 5.57 Å². The van der Waals surface area contributed by atoms with Crippen LogP contribution in [0.3, 0.4) is 0 Å². The van der Waals surface area contributed by atoms with Crippen molar-refractivity contribution in [3.63, 3.8) is 0 Å². The Morgan fingerprint density at radius 3 is 2.71 bits per heavy atom. The molecule has 0 bridgehead atoms. The normalized spacial score (nSPS) is 25.7. The maximum Gasteiger partial charge on any atom is 0.308 e. The molecular weight excluding hydrogens is 354 g/mol. The number of carbonyl (C=O) groups excluding carboxylic acids is 1. The Morgan fingerprint density at radius 1 is 1.36 bits per heavy atom. The fourth-order valence-corrected chi connectivity index (χ4v) is 4.58. The minimum Gasteiger partial charge on any atom is -0.481 e. The first-order valence-electron chi connectivity index (χ1n) is 9.88. The topological polar surface area (TPSA) is 93.4 Å². The minimum atomic E-state index is -0.877. The number of hydrogen-bond acceptors (Lipinski definition) is 4. The van der Waals surface area contributed by atoms with Crippen LogP contribution in [0.2, 0.25) is 0 Å². The molecule has 146 valence electrons. The van der Waals surface area contributed by atoms with E-state index in [2.05, 4.69) is 17.5 Å². The standard InChI is InChI=1S/C22H25N3O3/c1-14-10-15(12-23)2-3-17(14)16-4-8-25(9-5-16)20(26)19-18(21(27)28)11-22(6-7-22)13-24-19/h2-4,10,18-19,24H,5-9,11,13H2,1H3,(H,27,28). The van der Waals surface area contributed by atoms with Crippen molar-refractivity contribution in [1.29, 1.82) is 5.26 Å². The van der Waals surface area contributed by atoms with Crippen molar-refractivity contribution in [2.24, 2.45) is 11.3 Å². The lowest BCUT2D eigenvalue weighted by Crippen LogP contribution is -2.57. The highest BCUT2D eigenvalue weighted by atomic mass is 16.4. The Hall–Kier alpha value is -2.65. The van der Waals surface area contributed by atoms with Crippen molar-refractivity contribution in [3.05, 3.63) is 41.0 Å². The van der Waals surface area contributed by atoms with Crippen LogP contribution in [0.15, 0.2) is 24.3 Å². The molecule has 2 atom stereocenters. The van der Waals surface area contributed by atoms with Crippen LogP contribution >= 0.6 is 0 Å². The molecule has 1 aromatic rings. The molecule has 2 unspecified atom stereocenters. The molecule has 1 amide bonds.